The first-order valence-corrected chi connectivity index (χ1v) is 4.16. The van der Waals surface area contributed by atoms with E-state index in [0.29, 0.717) is 0 Å². The van der Waals surface area contributed by atoms with Crippen LogP contribution in [0.3, 0.4) is 0 Å². The van der Waals surface area contributed by atoms with Crippen LogP contribution in [0.1, 0.15) is 12.5 Å². The molecule has 0 saturated carbocycles. The quantitative estimate of drug-likeness (QED) is 0.642. The van der Waals surface area contributed by atoms with Gasteiger partial charge in [0.15, 0.2) is 0 Å². The second-order valence-electron chi connectivity index (χ2n) is 2.78. The van der Waals surface area contributed by atoms with Gasteiger partial charge < -0.3 is 5.11 Å². The molecule has 1 N–H and O–H groups in total. The molecule has 1 heteroatoms. The summed E-state index contributed by atoms with van der Waals surface area (Å²) >= 11 is 0. The third-order valence-electron chi connectivity index (χ3n) is 1.56. The molecule has 0 fully saturated rings. The van der Waals surface area contributed by atoms with Crippen molar-refractivity contribution in [2.24, 2.45) is 0 Å². The van der Waals surface area contributed by atoms with E-state index < -0.39 is 0 Å². The Morgan fingerprint density at radius 1 is 1.38 bits per heavy atom. The molecule has 0 amide bonds. The predicted molar refractivity (Wildman–Crippen MR) is 54.2 cm³/mol. The lowest BCUT2D eigenvalue weighted by Crippen LogP contribution is -1.81. The van der Waals surface area contributed by atoms with Crippen molar-refractivity contribution >= 4 is 0 Å². The number of hydrogen-bond donors (Lipinski definition) is 1. The normalized spacial score (nSPS) is 10.5. The first-order chi connectivity index (χ1) is 6.33. The van der Waals surface area contributed by atoms with Crippen LogP contribution in [0.4, 0.5) is 0 Å². The van der Waals surface area contributed by atoms with E-state index in [9.17, 15) is 0 Å². The lowest BCUT2D eigenvalue weighted by molar-refractivity contribution is 0.331. The second kappa shape index (κ2) is 5.18. The van der Waals surface area contributed by atoms with Crippen LogP contribution in [-0.4, -0.2) is 11.7 Å². The van der Waals surface area contributed by atoms with E-state index in [1.54, 1.807) is 6.08 Å². The first-order valence-electron chi connectivity index (χ1n) is 4.16. The van der Waals surface area contributed by atoms with Gasteiger partial charge in [0.1, 0.15) is 0 Å². The average Bonchev–Trinajstić information content (AvgIpc) is 2.19. The molecule has 0 saturated heterocycles. The molecule has 0 unspecified atom stereocenters. The van der Waals surface area contributed by atoms with Gasteiger partial charge >= 0.3 is 0 Å². The maximum Gasteiger partial charge on any atom is 0.0648 e. The monoisotopic (exact) mass is 172 g/mol. The summed E-state index contributed by atoms with van der Waals surface area (Å²) in [6, 6.07) is 9.77. The van der Waals surface area contributed by atoms with E-state index >= 15 is 0 Å². The molecule has 66 valence electrons. The number of allylic oxidation sites excluding steroid dienone is 1. The average molecular weight is 172 g/mol. The standard InChI is InChI=1S/C12H12O/c1-11(10-13)6-5-9-12-7-3-2-4-8-12/h2-4,6-8,13H,10H2,1H3/b11-6-. The summed E-state index contributed by atoms with van der Waals surface area (Å²) in [5.41, 5.74) is 1.87. The van der Waals surface area contributed by atoms with Crippen LogP contribution in [0.25, 0.3) is 0 Å². The van der Waals surface area contributed by atoms with Crippen LogP contribution >= 0.6 is 0 Å². The van der Waals surface area contributed by atoms with Crippen molar-refractivity contribution < 1.29 is 5.11 Å². The van der Waals surface area contributed by atoms with Crippen LogP contribution < -0.4 is 0 Å². The minimum absolute atomic E-state index is 0.0729. The van der Waals surface area contributed by atoms with Gasteiger partial charge in [-0.05, 0) is 30.7 Å². The molecule has 0 radical (unpaired) electrons. The number of benzene rings is 1. The molecule has 0 heterocycles. The van der Waals surface area contributed by atoms with Crippen LogP contribution in [0, 0.1) is 11.8 Å². The van der Waals surface area contributed by atoms with E-state index in [0.717, 1.165) is 11.1 Å². The van der Waals surface area contributed by atoms with E-state index in [1.807, 2.05) is 37.3 Å². The molecule has 0 atom stereocenters. The Morgan fingerprint density at radius 3 is 2.69 bits per heavy atom. The molecule has 0 aromatic heterocycles. The zero-order valence-corrected chi connectivity index (χ0v) is 7.62. The van der Waals surface area contributed by atoms with E-state index in [-0.39, 0.29) is 6.61 Å². The fourth-order valence-corrected chi connectivity index (χ4v) is 0.810. The summed E-state index contributed by atoms with van der Waals surface area (Å²) in [5.74, 6) is 5.85. The molecule has 0 aliphatic carbocycles. The number of aliphatic hydroxyl groups is 1. The second-order valence-corrected chi connectivity index (χ2v) is 2.78. The van der Waals surface area contributed by atoms with Gasteiger partial charge in [-0.25, -0.2) is 0 Å². The van der Waals surface area contributed by atoms with Crippen LogP contribution in [-0.2, 0) is 0 Å². The molecule has 1 aromatic rings. The maximum absolute atomic E-state index is 8.70. The zero-order chi connectivity index (χ0) is 9.52. The molecule has 1 nitrogen and oxygen atoms in total. The highest BCUT2D eigenvalue weighted by Gasteiger charge is 1.81. The highest BCUT2D eigenvalue weighted by atomic mass is 16.3. The Morgan fingerprint density at radius 2 is 2.08 bits per heavy atom. The summed E-state index contributed by atoms with van der Waals surface area (Å²) in [6.07, 6.45) is 1.73. The Bertz CT molecular complexity index is 338. The highest BCUT2D eigenvalue weighted by molar-refractivity contribution is 5.37. The summed E-state index contributed by atoms with van der Waals surface area (Å²) in [7, 11) is 0. The topological polar surface area (TPSA) is 20.2 Å². The number of hydrogen-bond acceptors (Lipinski definition) is 1. The summed E-state index contributed by atoms with van der Waals surface area (Å²) in [4.78, 5) is 0. The van der Waals surface area contributed by atoms with E-state index in [2.05, 4.69) is 11.8 Å². The fraction of sp³-hybridized carbons (Fsp3) is 0.167. The number of rotatable bonds is 1. The maximum atomic E-state index is 8.70. The van der Waals surface area contributed by atoms with Gasteiger partial charge in [-0.2, -0.15) is 0 Å². The van der Waals surface area contributed by atoms with Crippen molar-refractivity contribution in [3.63, 3.8) is 0 Å². The Balaban J connectivity index is 2.69. The van der Waals surface area contributed by atoms with E-state index in [1.165, 1.54) is 0 Å². The van der Waals surface area contributed by atoms with Crippen LogP contribution in [0.15, 0.2) is 42.0 Å². The minimum atomic E-state index is 0.0729. The molecule has 0 aliphatic rings. The van der Waals surface area contributed by atoms with Crippen LogP contribution in [0.2, 0.25) is 0 Å². The van der Waals surface area contributed by atoms with Gasteiger partial charge in [-0.1, -0.05) is 30.0 Å². The predicted octanol–water partition coefficient (Wildman–Crippen LogP) is 1.98. The third kappa shape index (κ3) is 3.59. The molecular weight excluding hydrogens is 160 g/mol. The summed E-state index contributed by atoms with van der Waals surface area (Å²) in [5, 5.41) is 8.70. The smallest absolute Gasteiger partial charge is 0.0648 e. The third-order valence-corrected chi connectivity index (χ3v) is 1.56. The number of aliphatic hydroxyl groups excluding tert-OH is 1. The van der Waals surface area contributed by atoms with E-state index in [4.69, 9.17) is 5.11 Å². The molecule has 0 aliphatic heterocycles. The lowest BCUT2D eigenvalue weighted by Gasteiger charge is -1.87. The van der Waals surface area contributed by atoms with Crippen molar-refractivity contribution in [2.45, 2.75) is 6.92 Å². The van der Waals surface area contributed by atoms with Crippen molar-refractivity contribution in [1.82, 2.24) is 0 Å². The lowest BCUT2D eigenvalue weighted by atomic mass is 10.2. The molecule has 0 spiro atoms. The highest BCUT2D eigenvalue weighted by Crippen LogP contribution is 1.95. The van der Waals surface area contributed by atoms with Gasteiger partial charge in [0, 0.05) is 5.56 Å². The van der Waals surface area contributed by atoms with Gasteiger partial charge in [0.2, 0.25) is 0 Å². The molecular formula is C12H12O. The molecule has 0 bridgehead atoms. The SMILES string of the molecule is C/C(=C/C#Cc1ccccc1)CO. The van der Waals surface area contributed by atoms with Crippen LogP contribution in [0.5, 0.6) is 0 Å². The van der Waals surface area contributed by atoms with Crippen molar-refractivity contribution in [1.29, 1.82) is 0 Å². The summed E-state index contributed by atoms with van der Waals surface area (Å²) < 4.78 is 0. The Kier molecular flexibility index (Phi) is 3.81. The van der Waals surface area contributed by atoms with Gasteiger partial charge in [-0.15, -0.1) is 0 Å². The van der Waals surface area contributed by atoms with Gasteiger partial charge in [0.25, 0.3) is 0 Å². The fourth-order valence-electron chi connectivity index (χ4n) is 0.810. The van der Waals surface area contributed by atoms with Gasteiger partial charge in [-0.3, -0.25) is 0 Å². The zero-order valence-electron chi connectivity index (χ0n) is 7.62. The first kappa shape index (κ1) is 9.57. The Hall–Kier alpha value is -1.52. The summed E-state index contributed by atoms with van der Waals surface area (Å²) in [6.45, 7) is 1.92. The van der Waals surface area contributed by atoms with Crippen molar-refractivity contribution in [3.8, 4) is 11.8 Å². The molecule has 13 heavy (non-hydrogen) atoms. The largest absolute Gasteiger partial charge is 0.392 e. The van der Waals surface area contributed by atoms with Crippen molar-refractivity contribution in [3.05, 3.63) is 47.5 Å². The molecule has 1 rings (SSSR count). The minimum Gasteiger partial charge on any atom is -0.392 e. The van der Waals surface area contributed by atoms with Gasteiger partial charge in [0.05, 0.1) is 6.61 Å². The Labute approximate surface area is 78.7 Å². The van der Waals surface area contributed by atoms with Crippen molar-refractivity contribution in [2.75, 3.05) is 6.61 Å². The molecule has 1 aromatic carbocycles.